The zero-order chi connectivity index (χ0) is 9.73. The van der Waals surface area contributed by atoms with Crippen LogP contribution >= 0.6 is 7.60 Å². The first-order valence-corrected chi connectivity index (χ1v) is 5.33. The van der Waals surface area contributed by atoms with Gasteiger partial charge in [-0.1, -0.05) is 36.4 Å². The van der Waals surface area contributed by atoms with Crippen molar-refractivity contribution in [2.45, 2.75) is 0 Å². The van der Waals surface area contributed by atoms with E-state index in [1.54, 1.807) is 18.2 Å². The van der Waals surface area contributed by atoms with Crippen molar-refractivity contribution < 1.29 is 43.5 Å². The average molecular weight is 220 g/mol. The predicted molar refractivity (Wildman–Crippen MR) is 49.8 cm³/mol. The zero-order valence-corrected chi connectivity index (χ0v) is 10.9. The molecule has 1 aromatic rings. The smallest absolute Gasteiger partial charge is 0.775 e. The van der Waals surface area contributed by atoms with Crippen molar-refractivity contribution in [1.29, 1.82) is 0 Å². The van der Waals surface area contributed by atoms with E-state index in [-0.39, 0.29) is 41.5 Å². The predicted octanol–water partition coefficient (Wildman–Crippen LogP) is -1.93. The minimum Gasteiger partial charge on any atom is -0.775 e. The maximum atomic E-state index is 11.3. The Morgan fingerprint density at radius 2 is 2.00 bits per heavy atom. The monoisotopic (exact) mass is 220 g/mol. The second-order valence-corrected chi connectivity index (χ2v) is 4.19. The Balaban J connectivity index is 0.00000169. The van der Waals surface area contributed by atoms with Crippen LogP contribution in [0.25, 0.3) is 0 Å². The Hall–Kier alpha value is 0.110. The molecule has 1 unspecified atom stereocenters. The van der Waals surface area contributed by atoms with Crippen LogP contribution in [0.5, 0.6) is 0 Å². The van der Waals surface area contributed by atoms with Crippen molar-refractivity contribution in [2.24, 2.45) is 0 Å². The van der Waals surface area contributed by atoms with Gasteiger partial charge in [-0.15, -0.1) is 6.58 Å². The minimum absolute atomic E-state index is 0. The summed E-state index contributed by atoms with van der Waals surface area (Å²) in [4.78, 5) is 11.3. The van der Waals surface area contributed by atoms with E-state index < -0.39 is 7.60 Å². The number of hydrogen-bond donors (Lipinski definition) is 0. The van der Waals surface area contributed by atoms with E-state index in [0.29, 0.717) is 0 Å². The van der Waals surface area contributed by atoms with Crippen molar-refractivity contribution >= 4 is 12.9 Å². The molecule has 0 heterocycles. The molecule has 0 saturated carbocycles. The van der Waals surface area contributed by atoms with Gasteiger partial charge in [0.05, 0.1) is 6.61 Å². The third-order valence-corrected chi connectivity index (χ3v) is 2.85. The van der Waals surface area contributed by atoms with Crippen LogP contribution in [0.2, 0.25) is 0 Å². The molecule has 0 N–H and O–H groups in total. The zero-order valence-electron chi connectivity index (χ0n) is 8.05. The fourth-order valence-electron chi connectivity index (χ4n) is 0.836. The summed E-state index contributed by atoms with van der Waals surface area (Å²) in [5.41, 5.74) is 0. The Labute approximate surface area is 106 Å². The molecule has 0 aliphatic rings. The van der Waals surface area contributed by atoms with Crippen LogP contribution in [-0.2, 0) is 9.09 Å². The van der Waals surface area contributed by atoms with E-state index in [2.05, 4.69) is 11.1 Å². The molecule has 0 aliphatic carbocycles. The third-order valence-electron chi connectivity index (χ3n) is 1.43. The van der Waals surface area contributed by atoms with Gasteiger partial charge in [0, 0.05) is 5.30 Å². The fourth-order valence-corrected chi connectivity index (χ4v) is 1.82. The summed E-state index contributed by atoms with van der Waals surface area (Å²) in [6, 6.07) is 8.04. The summed E-state index contributed by atoms with van der Waals surface area (Å²) in [7, 11) is -3.88. The van der Waals surface area contributed by atoms with Crippen LogP contribution in [0.15, 0.2) is 43.0 Å². The van der Waals surface area contributed by atoms with Crippen LogP contribution in [-0.4, -0.2) is 6.61 Å². The van der Waals surface area contributed by atoms with Gasteiger partial charge in [0.25, 0.3) is 0 Å². The SMILES string of the molecule is C=CCOP(=O)([O-])c1ccccc1.[Na+]. The maximum Gasteiger partial charge on any atom is 1.00 e. The van der Waals surface area contributed by atoms with Crippen molar-refractivity contribution in [3.8, 4) is 0 Å². The molecule has 5 heteroatoms. The minimum atomic E-state index is -3.88. The molecule has 70 valence electrons. The number of rotatable bonds is 4. The van der Waals surface area contributed by atoms with Crippen LogP contribution in [0, 0.1) is 0 Å². The largest absolute Gasteiger partial charge is 1.00 e. The van der Waals surface area contributed by atoms with Crippen molar-refractivity contribution in [3.63, 3.8) is 0 Å². The van der Waals surface area contributed by atoms with Gasteiger partial charge in [-0.2, -0.15) is 0 Å². The van der Waals surface area contributed by atoms with E-state index in [1.807, 2.05) is 0 Å². The van der Waals surface area contributed by atoms with E-state index in [4.69, 9.17) is 0 Å². The number of benzene rings is 1. The van der Waals surface area contributed by atoms with E-state index >= 15 is 0 Å². The van der Waals surface area contributed by atoms with E-state index in [1.165, 1.54) is 18.2 Å². The van der Waals surface area contributed by atoms with Crippen molar-refractivity contribution in [1.82, 2.24) is 0 Å². The van der Waals surface area contributed by atoms with Crippen LogP contribution < -0.4 is 39.8 Å². The molecule has 1 aromatic carbocycles. The molecule has 0 fully saturated rings. The maximum absolute atomic E-state index is 11.3. The fraction of sp³-hybridized carbons (Fsp3) is 0.111. The van der Waals surface area contributed by atoms with E-state index in [0.717, 1.165) is 0 Å². The first-order chi connectivity index (χ1) is 6.17. The molecular formula is C9H10NaO3P. The van der Waals surface area contributed by atoms with Gasteiger partial charge in [-0.25, -0.2) is 0 Å². The summed E-state index contributed by atoms with van der Waals surface area (Å²) < 4.78 is 16.0. The molecule has 0 saturated heterocycles. The molecule has 0 aromatic heterocycles. The van der Waals surface area contributed by atoms with Crippen molar-refractivity contribution in [3.05, 3.63) is 43.0 Å². The molecule has 1 rings (SSSR count). The van der Waals surface area contributed by atoms with Crippen LogP contribution in [0.3, 0.4) is 0 Å². The third kappa shape index (κ3) is 4.09. The van der Waals surface area contributed by atoms with Gasteiger partial charge < -0.3 is 14.0 Å². The quantitative estimate of drug-likeness (QED) is 0.337. The van der Waals surface area contributed by atoms with Gasteiger partial charge in [0.2, 0.25) is 0 Å². The summed E-state index contributed by atoms with van der Waals surface area (Å²) in [5.74, 6) is 0. The van der Waals surface area contributed by atoms with Gasteiger partial charge in [-0.05, 0) is 0 Å². The molecule has 0 spiro atoms. The Morgan fingerprint density at radius 1 is 1.43 bits per heavy atom. The normalized spacial score (nSPS) is 13.8. The van der Waals surface area contributed by atoms with Crippen molar-refractivity contribution in [2.75, 3.05) is 6.61 Å². The Morgan fingerprint density at radius 3 is 2.50 bits per heavy atom. The molecule has 0 radical (unpaired) electrons. The second-order valence-electron chi connectivity index (χ2n) is 2.42. The standard InChI is InChI=1S/C9H11O3P.Na/c1-2-8-12-13(10,11)9-6-4-3-5-7-9;/h2-7H,1,8H2,(H,10,11);/q;+1/p-1. The van der Waals surface area contributed by atoms with Gasteiger partial charge in [-0.3, -0.25) is 0 Å². The van der Waals surface area contributed by atoms with Gasteiger partial charge in [0.15, 0.2) is 7.60 Å². The molecule has 0 amide bonds. The van der Waals surface area contributed by atoms with Crippen LogP contribution in [0.1, 0.15) is 0 Å². The Bertz CT molecular complexity index is 326. The summed E-state index contributed by atoms with van der Waals surface area (Å²) in [5, 5.41) is 0.192. The Kier molecular flexibility index (Phi) is 6.62. The topological polar surface area (TPSA) is 49.4 Å². The number of hydrogen-bond acceptors (Lipinski definition) is 3. The summed E-state index contributed by atoms with van der Waals surface area (Å²) >= 11 is 0. The molecule has 0 aliphatic heterocycles. The molecule has 3 nitrogen and oxygen atoms in total. The molecule has 1 atom stereocenters. The van der Waals surface area contributed by atoms with Gasteiger partial charge in [0.1, 0.15) is 0 Å². The summed E-state index contributed by atoms with van der Waals surface area (Å²) in [6.07, 6.45) is 1.40. The molecule has 0 bridgehead atoms. The van der Waals surface area contributed by atoms with E-state index in [9.17, 15) is 9.46 Å². The summed E-state index contributed by atoms with van der Waals surface area (Å²) in [6.45, 7) is 3.38. The second kappa shape index (κ2) is 6.57. The first kappa shape index (κ1) is 14.1. The first-order valence-electron chi connectivity index (χ1n) is 3.79. The average Bonchev–Trinajstić information content (AvgIpc) is 2.16. The van der Waals surface area contributed by atoms with Gasteiger partial charge >= 0.3 is 29.6 Å². The van der Waals surface area contributed by atoms with Crippen LogP contribution in [0.4, 0.5) is 0 Å². The molecule has 14 heavy (non-hydrogen) atoms. The molecular weight excluding hydrogens is 210 g/mol.